The lowest BCUT2D eigenvalue weighted by Crippen LogP contribution is -2.50. The number of thiophene rings is 1. The molecule has 160 valence electrons. The van der Waals surface area contributed by atoms with E-state index in [1.165, 1.54) is 15.3 Å². The van der Waals surface area contributed by atoms with E-state index >= 15 is 0 Å². The molecule has 1 saturated heterocycles. The van der Waals surface area contributed by atoms with E-state index in [-0.39, 0.29) is 12.2 Å². The molecule has 0 saturated carbocycles. The average molecular weight is 421 g/mol. The summed E-state index contributed by atoms with van der Waals surface area (Å²) in [5, 5.41) is 27.7. The van der Waals surface area contributed by atoms with Crippen molar-refractivity contribution in [2.45, 2.75) is 76.8 Å². The van der Waals surface area contributed by atoms with Crippen LogP contribution in [-0.4, -0.2) is 62.0 Å². The smallest absolute Gasteiger partial charge is 0.102 e. The first-order chi connectivity index (χ1) is 14.0. The van der Waals surface area contributed by atoms with Gasteiger partial charge in [-0.3, -0.25) is 4.90 Å². The van der Waals surface area contributed by atoms with E-state index in [1.54, 1.807) is 11.6 Å². The Hall–Kier alpha value is -1.32. The van der Waals surface area contributed by atoms with Gasteiger partial charge in [0.25, 0.3) is 0 Å². The minimum Gasteiger partial charge on any atom is -0.394 e. The van der Waals surface area contributed by atoms with E-state index < -0.39 is 12.1 Å². The van der Waals surface area contributed by atoms with Crippen molar-refractivity contribution in [1.29, 1.82) is 0 Å². The van der Waals surface area contributed by atoms with Crippen LogP contribution < -0.4 is 0 Å². The van der Waals surface area contributed by atoms with Crippen LogP contribution in [0.4, 0.5) is 0 Å². The number of fused-ring (bicyclic) bond motifs is 2. The summed E-state index contributed by atoms with van der Waals surface area (Å²) in [6, 6.07) is 2.30. The van der Waals surface area contributed by atoms with E-state index in [0.29, 0.717) is 12.6 Å². The molecule has 0 bridgehead atoms. The highest BCUT2D eigenvalue weighted by Crippen LogP contribution is 2.46. The van der Waals surface area contributed by atoms with Crippen molar-refractivity contribution in [3.8, 4) is 0 Å². The highest BCUT2D eigenvalue weighted by Gasteiger charge is 2.44. The molecule has 2 aliphatic rings. The van der Waals surface area contributed by atoms with Crippen LogP contribution in [0.1, 0.15) is 60.7 Å². The summed E-state index contributed by atoms with van der Waals surface area (Å²) in [6.07, 6.45) is 5.27. The lowest BCUT2D eigenvalue weighted by molar-refractivity contribution is -0.112. The summed E-state index contributed by atoms with van der Waals surface area (Å²) in [7, 11) is 0. The van der Waals surface area contributed by atoms with Crippen LogP contribution in [0.15, 0.2) is 12.3 Å². The first-order valence-electron chi connectivity index (χ1n) is 10.7. The molecule has 0 radical (unpaired) electrons. The fourth-order valence-electron chi connectivity index (χ4n) is 4.72. The molecule has 8 heteroatoms. The maximum absolute atomic E-state index is 9.81. The molecule has 1 unspecified atom stereocenters. The third-order valence-electron chi connectivity index (χ3n) is 6.46. The largest absolute Gasteiger partial charge is 0.394 e. The van der Waals surface area contributed by atoms with Gasteiger partial charge in [-0.2, -0.15) is 0 Å². The van der Waals surface area contributed by atoms with Gasteiger partial charge in [0, 0.05) is 35.3 Å². The number of aliphatic hydroxyl groups excluding tert-OH is 2. The van der Waals surface area contributed by atoms with Crippen molar-refractivity contribution in [3.63, 3.8) is 0 Å². The number of rotatable bonds is 6. The van der Waals surface area contributed by atoms with Crippen LogP contribution >= 0.6 is 11.3 Å². The second-order valence-corrected chi connectivity index (χ2v) is 9.67. The van der Waals surface area contributed by atoms with Gasteiger partial charge in [-0.15, -0.1) is 16.4 Å². The Morgan fingerprint density at radius 3 is 2.97 bits per heavy atom. The van der Waals surface area contributed by atoms with E-state index in [0.717, 1.165) is 44.5 Å². The summed E-state index contributed by atoms with van der Waals surface area (Å²) in [5.74, 6) is 0. The van der Waals surface area contributed by atoms with Gasteiger partial charge in [0.15, 0.2) is 0 Å². The van der Waals surface area contributed by atoms with Gasteiger partial charge < -0.3 is 14.9 Å². The quantitative estimate of drug-likeness (QED) is 0.746. The molecule has 2 aromatic heterocycles. The standard InChI is InChI=1S/C21H32N4O3S/c1-4-17-9-18-20(29-17)5-8-28-21(18)6-7-24(14(2)10-21)11-16-12-25(23-22-16)19(13-26)15(3)27/h9,12,14-15,19,26-27H,4-8,10-11,13H2,1-3H3/t14-,15-,19?,21+/m0/s1. The Labute approximate surface area is 176 Å². The van der Waals surface area contributed by atoms with Crippen LogP contribution in [-0.2, 0) is 29.7 Å². The van der Waals surface area contributed by atoms with Crippen molar-refractivity contribution >= 4 is 11.3 Å². The molecule has 0 aromatic carbocycles. The molecule has 1 fully saturated rings. The highest BCUT2D eigenvalue weighted by molar-refractivity contribution is 7.12. The van der Waals surface area contributed by atoms with Crippen LogP contribution in [0.3, 0.4) is 0 Å². The molecule has 2 aliphatic heterocycles. The fraction of sp³-hybridized carbons (Fsp3) is 0.714. The number of hydrogen-bond acceptors (Lipinski definition) is 7. The number of likely N-dealkylation sites (tertiary alicyclic amines) is 1. The Kier molecular flexibility index (Phi) is 6.09. The summed E-state index contributed by atoms with van der Waals surface area (Å²) in [4.78, 5) is 5.41. The van der Waals surface area contributed by atoms with Crippen molar-refractivity contribution in [1.82, 2.24) is 19.9 Å². The second kappa shape index (κ2) is 8.43. The van der Waals surface area contributed by atoms with E-state index in [2.05, 4.69) is 35.1 Å². The van der Waals surface area contributed by atoms with Gasteiger partial charge in [-0.1, -0.05) is 12.1 Å². The van der Waals surface area contributed by atoms with Crippen molar-refractivity contribution in [3.05, 3.63) is 33.3 Å². The molecule has 0 aliphatic carbocycles. The van der Waals surface area contributed by atoms with Crippen LogP contribution in [0.5, 0.6) is 0 Å². The zero-order valence-corrected chi connectivity index (χ0v) is 18.4. The normalized spacial score (nSPS) is 27.1. The molecule has 4 rings (SSSR count). The number of nitrogens with zero attached hydrogens (tertiary/aromatic N) is 4. The van der Waals surface area contributed by atoms with Gasteiger partial charge in [-0.05, 0) is 44.7 Å². The second-order valence-electron chi connectivity index (χ2n) is 8.45. The molecule has 7 nitrogen and oxygen atoms in total. The fourth-order valence-corrected chi connectivity index (χ4v) is 5.90. The highest BCUT2D eigenvalue weighted by atomic mass is 32.1. The van der Waals surface area contributed by atoms with Crippen molar-refractivity contribution in [2.75, 3.05) is 19.8 Å². The Morgan fingerprint density at radius 1 is 1.45 bits per heavy atom. The van der Waals surface area contributed by atoms with E-state index in [1.807, 2.05) is 17.5 Å². The third kappa shape index (κ3) is 4.01. The first kappa shape index (κ1) is 20.9. The third-order valence-corrected chi connectivity index (χ3v) is 7.80. The predicted octanol–water partition coefficient (Wildman–Crippen LogP) is 2.27. The summed E-state index contributed by atoms with van der Waals surface area (Å²) in [6.45, 7) is 8.46. The minimum atomic E-state index is -0.681. The van der Waals surface area contributed by atoms with E-state index in [4.69, 9.17) is 4.74 Å². The Bertz CT molecular complexity index is 836. The van der Waals surface area contributed by atoms with Gasteiger partial charge >= 0.3 is 0 Å². The Balaban J connectivity index is 1.46. The van der Waals surface area contributed by atoms with Gasteiger partial charge in [-0.25, -0.2) is 4.68 Å². The van der Waals surface area contributed by atoms with E-state index in [9.17, 15) is 10.2 Å². The number of piperidine rings is 1. The van der Waals surface area contributed by atoms with Gasteiger partial charge in [0.2, 0.25) is 0 Å². The number of aliphatic hydroxyl groups is 2. The monoisotopic (exact) mass is 420 g/mol. The zero-order chi connectivity index (χ0) is 20.6. The van der Waals surface area contributed by atoms with Gasteiger partial charge in [0.1, 0.15) is 6.04 Å². The van der Waals surface area contributed by atoms with Crippen LogP contribution in [0.25, 0.3) is 0 Å². The molecule has 1 spiro atoms. The van der Waals surface area contributed by atoms with Gasteiger partial charge in [0.05, 0.1) is 36.8 Å². The molecule has 4 heterocycles. The number of aromatic nitrogens is 3. The lowest BCUT2D eigenvalue weighted by atomic mass is 9.79. The molecular formula is C21H32N4O3S. The zero-order valence-electron chi connectivity index (χ0n) is 17.5. The number of ether oxygens (including phenoxy) is 1. The maximum atomic E-state index is 9.81. The summed E-state index contributed by atoms with van der Waals surface area (Å²) in [5.41, 5.74) is 2.16. The topological polar surface area (TPSA) is 83.6 Å². The SMILES string of the molecule is CCc1cc2c(s1)CCO[C@@]21CCN(Cc2cn(C(CO)[C@H](C)O)nn2)[C@@H](C)C1. The number of aryl methyl sites for hydroxylation is 1. The van der Waals surface area contributed by atoms with Crippen molar-refractivity contribution < 1.29 is 14.9 Å². The summed E-state index contributed by atoms with van der Waals surface area (Å²) >= 11 is 1.96. The number of hydrogen-bond donors (Lipinski definition) is 2. The molecular weight excluding hydrogens is 388 g/mol. The van der Waals surface area contributed by atoms with Crippen LogP contribution in [0, 0.1) is 0 Å². The van der Waals surface area contributed by atoms with Crippen LogP contribution in [0.2, 0.25) is 0 Å². The summed E-state index contributed by atoms with van der Waals surface area (Å²) < 4.78 is 8.00. The lowest BCUT2D eigenvalue weighted by Gasteiger charge is -2.47. The minimum absolute atomic E-state index is 0.140. The molecule has 29 heavy (non-hydrogen) atoms. The molecule has 0 amide bonds. The van der Waals surface area contributed by atoms with Crippen molar-refractivity contribution in [2.24, 2.45) is 0 Å². The first-order valence-corrected chi connectivity index (χ1v) is 11.5. The predicted molar refractivity (Wildman–Crippen MR) is 112 cm³/mol. The molecule has 2 N–H and O–H groups in total. The average Bonchev–Trinajstić information content (AvgIpc) is 3.32. The molecule has 4 atom stereocenters. The maximum Gasteiger partial charge on any atom is 0.102 e. The molecule has 2 aromatic rings. The Morgan fingerprint density at radius 2 is 2.28 bits per heavy atom.